The van der Waals surface area contributed by atoms with Crippen LogP contribution in [0, 0.1) is 0 Å². The molecule has 38 heavy (non-hydrogen) atoms. The van der Waals surface area contributed by atoms with E-state index in [1.807, 2.05) is 0 Å². The molecule has 1 aromatic heterocycles. The first-order valence-corrected chi connectivity index (χ1v) is 12.9. The summed E-state index contributed by atoms with van der Waals surface area (Å²) >= 11 is 0. The van der Waals surface area contributed by atoms with Gasteiger partial charge in [0.2, 0.25) is 0 Å². The van der Waals surface area contributed by atoms with Crippen LogP contribution in [0.1, 0.15) is 0 Å². The molecule has 1 N–H and O–H groups in total. The maximum Gasteiger partial charge on any atom is 0.158 e. The van der Waals surface area contributed by atoms with E-state index >= 15 is 0 Å². The molecule has 2 nitrogen and oxygen atoms in total. The number of hydrogen-bond donors (Lipinski definition) is 1. The van der Waals surface area contributed by atoms with Crippen LogP contribution < -0.4 is 5.32 Å². The third-order valence-corrected chi connectivity index (χ3v) is 7.59. The second-order valence-corrected chi connectivity index (χ2v) is 9.91. The number of benzene rings is 7. The van der Waals surface area contributed by atoms with Gasteiger partial charge in [0, 0.05) is 16.5 Å². The summed E-state index contributed by atoms with van der Waals surface area (Å²) in [6.45, 7) is 0. The quantitative estimate of drug-likeness (QED) is 0.269. The van der Waals surface area contributed by atoms with Crippen LogP contribution in [0.4, 0.5) is 11.4 Å². The van der Waals surface area contributed by atoms with E-state index < -0.39 is 0 Å². The van der Waals surface area contributed by atoms with Crippen LogP contribution in [0.25, 0.3) is 65.4 Å². The Morgan fingerprint density at radius 3 is 1.97 bits per heavy atom. The molecule has 0 saturated heterocycles. The average molecular weight is 486 g/mol. The molecule has 8 aromatic rings. The fourth-order valence-electron chi connectivity index (χ4n) is 5.70. The zero-order valence-corrected chi connectivity index (χ0v) is 20.6. The molecule has 0 spiro atoms. The van der Waals surface area contributed by atoms with Crippen LogP contribution in [0.2, 0.25) is 0 Å². The number of para-hydroxylation sites is 1. The molecule has 0 radical (unpaired) electrons. The van der Waals surface area contributed by atoms with E-state index in [4.69, 9.17) is 4.42 Å². The number of hydrogen-bond acceptors (Lipinski definition) is 2. The third kappa shape index (κ3) is 3.35. The third-order valence-electron chi connectivity index (χ3n) is 7.59. The Balaban J connectivity index is 1.21. The first kappa shape index (κ1) is 21.0. The second-order valence-electron chi connectivity index (χ2n) is 9.91. The molecule has 0 amide bonds. The summed E-state index contributed by atoms with van der Waals surface area (Å²) in [6.07, 6.45) is 0. The van der Waals surface area contributed by atoms with Crippen LogP contribution in [-0.4, -0.2) is 0 Å². The first-order valence-electron chi connectivity index (χ1n) is 12.9. The molecular formula is C36H23NO. The molecule has 0 aliphatic rings. The number of nitrogens with one attached hydrogen (secondary N) is 1. The van der Waals surface area contributed by atoms with Crippen molar-refractivity contribution < 1.29 is 4.42 Å². The van der Waals surface area contributed by atoms with E-state index in [1.54, 1.807) is 0 Å². The van der Waals surface area contributed by atoms with Gasteiger partial charge < -0.3 is 9.73 Å². The fraction of sp³-hybridized carbons (Fsp3) is 0. The lowest BCUT2D eigenvalue weighted by atomic mass is 9.98. The number of fused-ring (bicyclic) bond motifs is 7. The van der Waals surface area contributed by atoms with Gasteiger partial charge in [-0.1, -0.05) is 97.1 Å². The molecule has 8 rings (SSSR count). The molecule has 0 saturated carbocycles. The number of furan rings is 1. The van der Waals surface area contributed by atoms with Crippen LogP contribution in [0.5, 0.6) is 0 Å². The van der Waals surface area contributed by atoms with Crippen molar-refractivity contribution in [3.63, 3.8) is 0 Å². The van der Waals surface area contributed by atoms with Crippen molar-refractivity contribution in [3.8, 4) is 11.1 Å². The van der Waals surface area contributed by atoms with Gasteiger partial charge >= 0.3 is 0 Å². The average Bonchev–Trinajstić information content (AvgIpc) is 3.37. The highest BCUT2D eigenvalue weighted by Crippen LogP contribution is 2.39. The Hall–Kier alpha value is -5.08. The molecule has 178 valence electrons. The SMILES string of the molecule is c1ccc2cc(-c3ccc4ccc(Nc5cccc6c5oc5ccc7ccccc7c56)cc4c3)ccc2c1. The molecule has 1 heterocycles. The Morgan fingerprint density at radius 2 is 1.11 bits per heavy atom. The van der Waals surface area contributed by atoms with E-state index in [2.05, 4.69) is 139 Å². The van der Waals surface area contributed by atoms with Gasteiger partial charge in [0.15, 0.2) is 5.58 Å². The van der Waals surface area contributed by atoms with Crippen LogP contribution in [0.15, 0.2) is 138 Å². The lowest BCUT2D eigenvalue weighted by Crippen LogP contribution is -1.91. The van der Waals surface area contributed by atoms with Crippen molar-refractivity contribution in [2.45, 2.75) is 0 Å². The summed E-state index contributed by atoms with van der Waals surface area (Å²) in [5, 5.41) is 13.3. The summed E-state index contributed by atoms with van der Waals surface area (Å²) in [5.41, 5.74) is 6.23. The van der Waals surface area contributed by atoms with Gasteiger partial charge in [-0.05, 0) is 79.8 Å². The van der Waals surface area contributed by atoms with Gasteiger partial charge in [-0.15, -0.1) is 0 Å². The predicted octanol–water partition coefficient (Wildman–Crippen LogP) is 10.5. The topological polar surface area (TPSA) is 25.2 Å². The van der Waals surface area contributed by atoms with Crippen LogP contribution >= 0.6 is 0 Å². The highest BCUT2D eigenvalue weighted by molar-refractivity contribution is 6.20. The molecule has 0 aliphatic carbocycles. The Labute approximate surface area is 219 Å². The minimum Gasteiger partial charge on any atom is -0.454 e. The predicted molar refractivity (Wildman–Crippen MR) is 161 cm³/mol. The van der Waals surface area contributed by atoms with Crippen LogP contribution in [0.3, 0.4) is 0 Å². The second kappa shape index (κ2) is 8.22. The molecule has 2 heteroatoms. The van der Waals surface area contributed by atoms with E-state index in [0.717, 1.165) is 27.9 Å². The molecule has 0 aliphatic heterocycles. The highest BCUT2D eigenvalue weighted by Gasteiger charge is 2.13. The number of rotatable bonds is 3. The normalized spacial score (nSPS) is 11.7. The Morgan fingerprint density at radius 1 is 0.447 bits per heavy atom. The molecule has 0 fully saturated rings. The van der Waals surface area contributed by atoms with E-state index in [0.29, 0.717) is 0 Å². The largest absolute Gasteiger partial charge is 0.454 e. The molecule has 0 bridgehead atoms. The maximum absolute atomic E-state index is 6.40. The monoisotopic (exact) mass is 485 g/mol. The van der Waals surface area contributed by atoms with Crippen molar-refractivity contribution in [3.05, 3.63) is 133 Å². The minimum atomic E-state index is 0.879. The lowest BCUT2D eigenvalue weighted by Gasteiger charge is -2.10. The zero-order chi connectivity index (χ0) is 25.1. The van der Waals surface area contributed by atoms with E-state index in [1.165, 1.54) is 48.8 Å². The van der Waals surface area contributed by atoms with E-state index in [-0.39, 0.29) is 0 Å². The molecule has 0 atom stereocenters. The van der Waals surface area contributed by atoms with Crippen LogP contribution in [-0.2, 0) is 0 Å². The van der Waals surface area contributed by atoms with Crippen molar-refractivity contribution in [1.29, 1.82) is 0 Å². The molecule has 0 unspecified atom stereocenters. The van der Waals surface area contributed by atoms with Gasteiger partial charge in [0.25, 0.3) is 0 Å². The summed E-state index contributed by atoms with van der Waals surface area (Å²) in [7, 11) is 0. The van der Waals surface area contributed by atoms with Gasteiger partial charge in [0.05, 0.1) is 5.69 Å². The highest BCUT2D eigenvalue weighted by atomic mass is 16.3. The summed E-state index contributed by atoms with van der Waals surface area (Å²) in [6, 6.07) is 47.4. The van der Waals surface area contributed by atoms with E-state index in [9.17, 15) is 0 Å². The van der Waals surface area contributed by atoms with Crippen molar-refractivity contribution in [2.75, 3.05) is 5.32 Å². The first-order chi connectivity index (χ1) is 18.8. The molecular weight excluding hydrogens is 462 g/mol. The number of anilines is 2. The lowest BCUT2D eigenvalue weighted by molar-refractivity contribution is 0.670. The Bertz CT molecular complexity index is 2170. The standard InChI is InChI=1S/C36H23NO/c1-2-8-26-20-27(14-12-23(26)6-1)28-15-13-24-16-18-30(22-29(24)21-28)37-33-11-5-10-32-35-31-9-4-3-7-25(31)17-19-34(35)38-36(32)33/h1-22,37H. The smallest absolute Gasteiger partial charge is 0.158 e. The van der Waals surface area contributed by atoms with Gasteiger partial charge in [-0.3, -0.25) is 0 Å². The van der Waals surface area contributed by atoms with Crippen molar-refractivity contribution in [2.24, 2.45) is 0 Å². The summed E-state index contributed by atoms with van der Waals surface area (Å²) in [4.78, 5) is 0. The summed E-state index contributed by atoms with van der Waals surface area (Å²) in [5.74, 6) is 0. The summed E-state index contributed by atoms with van der Waals surface area (Å²) < 4.78 is 6.40. The van der Waals surface area contributed by atoms with Gasteiger partial charge in [-0.25, -0.2) is 0 Å². The Kier molecular flexibility index (Phi) is 4.55. The minimum absolute atomic E-state index is 0.879. The van der Waals surface area contributed by atoms with Gasteiger partial charge in [-0.2, -0.15) is 0 Å². The van der Waals surface area contributed by atoms with Gasteiger partial charge in [0.1, 0.15) is 5.58 Å². The van der Waals surface area contributed by atoms with Crippen molar-refractivity contribution in [1.82, 2.24) is 0 Å². The fourth-order valence-corrected chi connectivity index (χ4v) is 5.70. The maximum atomic E-state index is 6.40. The van der Waals surface area contributed by atoms with Crippen molar-refractivity contribution >= 4 is 65.6 Å². The zero-order valence-electron chi connectivity index (χ0n) is 20.6. The molecule has 7 aromatic carbocycles.